The topological polar surface area (TPSA) is 92.1 Å². The van der Waals surface area contributed by atoms with Crippen LogP contribution in [0.1, 0.15) is 54.7 Å². The number of nitrogens with zero attached hydrogens (tertiary/aromatic N) is 3. The largest absolute Gasteiger partial charge is 0.371 e. The molecule has 4 aliphatic rings. The molecule has 9 heteroatoms. The van der Waals surface area contributed by atoms with Crippen LogP contribution in [0.3, 0.4) is 0 Å². The normalized spacial score (nSPS) is 25.2. The number of ether oxygens (including phenoxy) is 3. The van der Waals surface area contributed by atoms with Gasteiger partial charge < -0.3 is 19.1 Å². The molecule has 1 aliphatic carbocycles. The number of nitriles is 1. The fourth-order valence-electron chi connectivity index (χ4n) is 6.47. The Balaban J connectivity index is 1.18. The lowest BCUT2D eigenvalue weighted by atomic mass is 9.80. The Hall–Kier alpha value is -2.48. The predicted octanol–water partition coefficient (Wildman–Crippen LogP) is 3.94. The molecule has 0 bridgehead atoms. The monoisotopic (exact) mass is 537 g/mol. The fraction of sp³-hybridized carbons (Fsp3) is 0.552. The summed E-state index contributed by atoms with van der Waals surface area (Å²) in [6.07, 6.45) is 4.04. The molecular weight excluding hydrogens is 502 g/mol. The summed E-state index contributed by atoms with van der Waals surface area (Å²) in [6.45, 7) is 6.15. The summed E-state index contributed by atoms with van der Waals surface area (Å²) in [6, 6.07) is 15.6. The molecule has 2 aromatic rings. The van der Waals surface area contributed by atoms with Crippen LogP contribution < -0.4 is 4.90 Å². The Morgan fingerprint density at radius 1 is 0.947 bits per heavy atom. The summed E-state index contributed by atoms with van der Waals surface area (Å²) in [4.78, 5) is 2.36. The van der Waals surface area contributed by atoms with Crippen LogP contribution in [0.5, 0.6) is 0 Å². The van der Waals surface area contributed by atoms with Crippen molar-refractivity contribution < 1.29 is 22.6 Å². The van der Waals surface area contributed by atoms with E-state index in [9.17, 15) is 13.7 Å². The third-order valence-corrected chi connectivity index (χ3v) is 10.6. The van der Waals surface area contributed by atoms with Gasteiger partial charge in [0.1, 0.15) is 6.07 Å². The van der Waals surface area contributed by atoms with Crippen LogP contribution in [0, 0.1) is 18.3 Å². The maximum Gasteiger partial charge on any atom is 0.243 e. The quantitative estimate of drug-likeness (QED) is 0.583. The first-order chi connectivity index (χ1) is 18.3. The Morgan fingerprint density at radius 3 is 2.39 bits per heavy atom. The Labute approximate surface area is 225 Å². The maximum atomic E-state index is 13.5. The van der Waals surface area contributed by atoms with Gasteiger partial charge in [-0.25, -0.2) is 8.42 Å². The molecule has 3 aliphatic heterocycles. The van der Waals surface area contributed by atoms with Gasteiger partial charge in [0.15, 0.2) is 5.79 Å². The number of benzene rings is 2. The summed E-state index contributed by atoms with van der Waals surface area (Å²) in [5, 5.41) is 10.0. The summed E-state index contributed by atoms with van der Waals surface area (Å²) in [7, 11) is -3.70. The van der Waals surface area contributed by atoms with E-state index >= 15 is 0 Å². The number of aryl methyl sites for hydroxylation is 1. The highest BCUT2D eigenvalue weighted by molar-refractivity contribution is 7.89. The van der Waals surface area contributed by atoms with Gasteiger partial charge in [-0.3, -0.25) is 0 Å². The maximum absolute atomic E-state index is 13.5. The molecule has 2 aromatic carbocycles. The molecule has 202 valence electrons. The molecule has 3 heterocycles. The van der Waals surface area contributed by atoms with E-state index in [1.165, 1.54) is 11.1 Å². The molecule has 2 spiro atoms. The smallest absolute Gasteiger partial charge is 0.243 e. The van der Waals surface area contributed by atoms with Gasteiger partial charge in [0.2, 0.25) is 10.0 Å². The van der Waals surface area contributed by atoms with Gasteiger partial charge in [-0.05, 0) is 55.9 Å². The van der Waals surface area contributed by atoms with E-state index in [0.717, 1.165) is 37.8 Å². The molecule has 3 saturated heterocycles. The second kappa shape index (κ2) is 9.92. The van der Waals surface area contributed by atoms with Crippen molar-refractivity contribution in [1.29, 1.82) is 5.26 Å². The number of morpholine rings is 1. The van der Waals surface area contributed by atoms with Crippen LogP contribution in [0.4, 0.5) is 5.69 Å². The van der Waals surface area contributed by atoms with Crippen molar-refractivity contribution >= 4 is 15.7 Å². The third kappa shape index (κ3) is 4.74. The minimum Gasteiger partial charge on any atom is -0.371 e. The lowest BCUT2D eigenvalue weighted by Crippen LogP contribution is -2.56. The highest BCUT2D eigenvalue weighted by Crippen LogP contribution is 2.44. The highest BCUT2D eigenvalue weighted by Gasteiger charge is 2.48. The number of hydrogen-bond acceptors (Lipinski definition) is 7. The first kappa shape index (κ1) is 25.8. The zero-order valence-corrected chi connectivity index (χ0v) is 22.7. The van der Waals surface area contributed by atoms with E-state index in [1.807, 2.05) is 6.92 Å². The van der Waals surface area contributed by atoms with Crippen LogP contribution in [-0.2, 0) is 24.2 Å². The van der Waals surface area contributed by atoms with E-state index in [4.69, 9.17) is 14.2 Å². The van der Waals surface area contributed by atoms with E-state index in [1.54, 1.807) is 22.5 Å². The van der Waals surface area contributed by atoms with Crippen LogP contribution in [0.25, 0.3) is 0 Å². The van der Waals surface area contributed by atoms with Crippen molar-refractivity contribution in [3.05, 3.63) is 59.2 Å². The minimum absolute atomic E-state index is 0.180. The molecule has 6 rings (SSSR count). The van der Waals surface area contributed by atoms with E-state index < -0.39 is 15.8 Å². The molecule has 1 saturated carbocycles. The van der Waals surface area contributed by atoms with Crippen LogP contribution >= 0.6 is 0 Å². The Kier molecular flexibility index (Phi) is 6.73. The van der Waals surface area contributed by atoms with E-state index in [0.29, 0.717) is 51.6 Å². The van der Waals surface area contributed by atoms with Crippen LogP contribution in [0.2, 0.25) is 0 Å². The molecular formula is C29H35N3O5S. The molecule has 1 atom stereocenters. The van der Waals surface area contributed by atoms with E-state index in [2.05, 4.69) is 35.2 Å². The highest BCUT2D eigenvalue weighted by atomic mass is 32.2. The van der Waals surface area contributed by atoms with Gasteiger partial charge in [-0.15, -0.1) is 0 Å². The molecule has 4 fully saturated rings. The average Bonchev–Trinajstić information content (AvgIpc) is 3.62. The molecule has 0 radical (unpaired) electrons. The zero-order valence-electron chi connectivity index (χ0n) is 21.9. The third-order valence-electron chi connectivity index (χ3n) is 8.75. The van der Waals surface area contributed by atoms with Crippen molar-refractivity contribution in [2.45, 2.75) is 61.2 Å². The molecule has 0 aromatic heterocycles. The second-order valence-electron chi connectivity index (χ2n) is 11.1. The van der Waals surface area contributed by atoms with E-state index in [-0.39, 0.29) is 16.4 Å². The van der Waals surface area contributed by atoms with Gasteiger partial charge in [0.25, 0.3) is 0 Å². The SMILES string of the molecule is Cc1ccc(C2CCN(S(=O)(=O)c3ccc(N4CCOC5(CCC6(CC5)OCCO6)C4)c(C#N)c3)C2)cc1. The van der Waals surface area contributed by atoms with Crippen LogP contribution in [0.15, 0.2) is 47.4 Å². The molecule has 38 heavy (non-hydrogen) atoms. The number of sulfonamides is 1. The van der Waals surface area contributed by atoms with Crippen molar-refractivity contribution in [2.75, 3.05) is 50.9 Å². The summed E-state index contributed by atoms with van der Waals surface area (Å²) < 4.78 is 46.7. The van der Waals surface area contributed by atoms with Gasteiger partial charge in [-0.1, -0.05) is 29.8 Å². The first-order valence-corrected chi connectivity index (χ1v) is 15.0. The minimum atomic E-state index is -3.70. The molecule has 1 unspecified atom stereocenters. The van der Waals surface area contributed by atoms with Gasteiger partial charge in [0, 0.05) is 39.0 Å². The van der Waals surface area contributed by atoms with Crippen molar-refractivity contribution in [3.63, 3.8) is 0 Å². The van der Waals surface area contributed by atoms with Gasteiger partial charge >= 0.3 is 0 Å². The predicted molar refractivity (Wildman–Crippen MR) is 142 cm³/mol. The second-order valence-corrected chi connectivity index (χ2v) is 13.0. The average molecular weight is 538 g/mol. The number of anilines is 1. The number of rotatable bonds is 4. The summed E-state index contributed by atoms with van der Waals surface area (Å²) in [5.74, 6) is -0.280. The molecule has 0 amide bonds. The van der Waals surface area contributed by atoms with Gasteiger partial charge in [-0.2, -0.15) is 9.57 Å². The zero-order chi connectivity index (χ0) is 26.4. The molecule has 8 nitrogen and oxygen atoms in total. The Morgan fingerprint density at radius 2 is 1.68 bits per heavy atom. The number of hydrogen-bond donors (Lipinski definition) is 0. The van der Waals surface area contributed by atoms with Crippen molar-refractivity contribution in [2.24, 2.45) is 0 Å². The van der Waals surface area contributed by atoms with Crippen molar-refractivity contribution in [1.82, 2.24) is 4.31 Å². The van der Waals surface area contributed by atoms with Crippen molar-refractivity contribution in [3.8, 4) is 6.07 Å². The first-order valence-electron chi connectivity index (χ1n) is 13.6. The lowest BCUT2D eigenvalue weighted by Gasteiger charge is -2.49. The molecule has 0 N–H and O–H groups in total. The summed E-state index contributed by atoms with van der Waals surface area (Å²) >= 11 is 0. The summed E-state index contributed by atoms with van der Waals surface area (Å²) in [5.41, 5.74) is 3.20. The standard InChI is InChI=1S/C29H35N3O5S/c1-22-2-4-23(5-3-22)24-8-13-32(20-24)38(33,34)26-6-7-27(25(18-26)19-30)31-14-15-35-28(21-31)9-11-29(12-10-28)36-16-17-37-29/h2-7,18,24H,8-17,20-21H2,1H3. The Bertz CT molecular complexity index is 1320. The fourth-order valence-corrected chi connectivity index (χ4v) is 8.00. The van der Waals surface area contributed by atoms with Gasteiger partial charge in [0.05, 0.1) is 41.6 Å². The van der Waals surface area contributed by atoms with Crippen LogP contribution in [-0.4, -0.2) is 70.1 Å². The lowest BCUT2D eigenvalue weighted by molar-refractivity contribution is -0.211.